The van der Waals surface area contributed by atoms with E-state index in [1.165, 1.54) is 12.1 Å². The Morgan fingerprint density at radius 3 is 2.43 bits per heavy atom. The zero-order chi connectivity index (χ0) is 19.8. The number of rotatable bonds is 3. The number of hydrogen-bond donors (Lipinski definition) is 1. The van der Waals surface area contributed by atoms with E-state index in [9.17, 15) is 19.1 Å². The van der Waals surface area contributed by atoms with Gasteiger partial charge in [0.15, 0.2) is 0 Å². The molecule has 2 saturated heterocycles. The Balaban J connectivity index is 1.46. The van der Waals surface area contributed by atoms with E-state index in [0.717, 1.165) is 16.7 Å². The molecule has 0 aromatic heterocycles. The van der Waals surface area contributed by atoms with E-state index in [0.29, 0.717) is 26.2 Å². The molecular weight excluding hydrogens is 385 g/mol. The largest absolute Gasteiger partial charge is 0.506 e. The molecule has 2 aliphatic rings. The fourth-order valence-electron chi connectivity index (χ4n) is 3.80. The van der Waals surface area contributed by atoms with Crippen molar-refractivity contribution in [2.45, 2.75) is 12.5 Å². The second-order valence-electron chi connectivity index (χ2n) is 6.90. The summed E-state index contributed by atoms with van der Waals surface area (Å²) in [5.41, 5.74) is 1.05. The van der Waals surface area contributed by atoms with Gasteiger partial charge in [-0.05, 0) is 30.3 Å². The molecule has 1 atom stereocenters. The smallest absolute Gasteiger partial charge is 0.251 e. The summed E-state index contributed by atoms with van der Waals surface area (Å²) in [6, 6.07) is 10.4. The lowest BCUT2D eigenvalue weighted by molar-refractivity contribution is -0.123. The summed E-state index contributed by atoms with van der Waals surface area (Å²) >= 11 is 5.80. The average Bonchev–Trinajstić information content (AvgIpc) is 2.99. The number of imide groups is 1. The first-order chi connectivity index (χ1) is 13.5. The molecular formula is C20H19ClFN3O3. The molecule has 0 aliphatic carbocycles. The lowest BCUT2D eigenvalue weighted by Gasteiger charge is -2.38. The highest BCUT2D eigenvalue weighted by atomic mass is 35.5. The Kier molecular flexibility index (Phi) is 4.95. The quantitative estimate of drug-likeness (QED) is 0.798. The van der Waals surface area contributed by atoms with Crippen LogP contribution in [0.15, 0.2) is 42.5 Å². The van der Waals surface area contributed by atoms with Gasteiger partial charge in [-0.15, -0.1) is 0 Å². The number of carbonyl (C=O) groups excluding carboxylic acids is 2. The highest BCUT2D eigenvalue weighted by molar-refractivity contribution is 6.31. The van der Waals surface area contributed by atoms with Gasteiger partial charge in [-0.2, -0.15) is 0 Å². The summed E-state index contributed by atoms with van der Waals surface area (Å²) in [6.45, 7) is 2.46. The number of halogens is 2. The summed E-state index contributed by atoms with van der Waals surface area (Å²) in [6.07, 6.45) is 0.0877. The number of para-hydroxylation sites is 2. The highest BCUT2D eigenvalue weighted by Crippen LogP contribution is 2.31. The monoisotopic (exact) mass is 403 g/mol. The minimum atomic E-state index is -0.596. The van der Waals surface area contributed by atoms with Crippen molar-refractivity contribution in [1.29, 1.82) is 0 Å². The number of phenolic OH excluding ortho intramolecular Hbond substituents is 1. The normalized spacial score (nSPS) is 20.9. The van der Waals surface area contributed by atoms with Crippen molar-refractivity contribution in [3.05, 3.63) is 53.3 Å². The molecule has 4 rings (SSSR count). The van der Waals surface area contributed by atoms with E-state index in [-0.39, 0.29) is 34.7 Å². The van der Waals surface area contributed by atoms with Gasteiger partial charge in [-0.3, -0.25) is 14.5 Å². The van der Waals surface area contributed by atoms with Crippen LogP contribution in [0.25, 0.3) is 0 Å². The first-order valence-electron chi connectivity index (χ1n) is 9.04. The summed E-state index contributed by atoms with van der Waals surface area (Å²) in [4.78, 5) is 30.5. The predicted octanol–water partition coefficient (Wildman–Crippen LogP) is 2.64. The van der Waals surface area contributed by atoms with Crippen molar-refractivity contribution in [1.82, 2.24) is 4.90 Å². The third-order valence-corrected chi connectivity index (χ3v) is 5.55. The van der Waals surface area contributed by atoms with Crippen molar-refractivity contribution >= 4 is 34.8 Å². The minimum Gasteiger partial charge on any atom is -0.506 e. The fourth-order valence-corrected chi connectivity index (χ4v) is 3.98. The van der Waals surface area contributed by atoms with Crippen molar-refractivity contribution < 1.29 is 19.1 Å². The van der Waals surface area contributed by atoms with Crippen LogP contribution >= 0.6 is 11.6 Å². The van der Waals surface area contributed by atoms with Gasteiger partial charge < -0.3 is 10.0 Å². The Morgan fingerprint density at radius 1 is 1.04 bits per heavy atom. The number of amides is 2. The van der Waals surface area contributed by atoms with Crippen LogP contribution in [-0.2, 0) is 9.59 Å². The first-order valence-corrected chi connectivity index (χ1v) is 9.42. The van der Waals surface area contributed by atoms with Gasteiger partial charge in [-0.25, -0.2) is 9.29 Å². The van der Waals surface area contributed by atoms with Gasteiger partial charge in [0.1, 0.15) is 11.6 Å². The van der Waals surface area contributed by atoms with E-state index >= 15 is 0 Å². The van der Waals surface area contributed by atoms with Crippen molar-refractivity contribution in [3.63, 3.8) is 0 Å². The molecule has 6 nitrogen and oxygen atoms in total. The Bertz CT molecular complexity index is 931. The molecule has 0 radical (unpaired) electrons. The predicted molar refractivity (Wildman–Crippen MR) is 104 cm³/mol. The molecule has 146 valence electrons. The Hall–Kier alpha value is -2.64. The van der Waals surface area contributed by atoms with Gasteiger partial charge in [0, 0.05) is 26.2 Å². The number of hydrogen-bond acceptors (Lipinski definition) is 5. The summed E-state index contributed by atoms with van der Waals surface area (Å²) in [7, 11) is 0. The molecule has 0 unspecified atom stereocenters. The van der Waals surface area contributed by atoms with Gasteiger partial charge in [0.2, 0.25) is 5.91 Å². The molecule has 2 heterocycles. The van der Waals surface area contributed by atoms with Crippen LogP contribution in [0.4, 0.5) is 15.8 Å². The molecule has 0 bridgehead atoms. The maximum Gasteiger partial charge on any atom is 0.251 e. The number of nitrogens with zero attached hydrogens (tertiary/aromatic N) is 3. The van der Waals surface area contributed by atoms with Crippen LogP contribution in [0.2, 0.25) is 5.02 Å². The van der Waals surface area contributed by atoms with Gasteiger partial charge in [-0.1, -0.05) is 23.7 Å². The van der Waals surface area contributed by atoms with E-state index in [1.807, 2.05) is 17.0 Å². The Labute approximate surface area is 166 Å². The van der Waals surface area contributed by atoms with E-state index in [4.69, 9.17) is 11.6 Å². The van der Waals surface area contributed by atoms with Crippen LogP contribution in [0.1, 0.15) is 6.42 Å². The Morgan fingerprint density at radius 2 is 1.75 bits per heavy atom. The molecule has 28 heavy (non-hydrogen) atoms. The molecule has 1 N–H and O–H groups in total. The van der Waals surface area contributed by atoms with Crippen molar-refractivity contribution in [2.75, 3.05) is 36.0 Å². The topological polar surface area (TPSA) is 64.1 Å². The molecule has 2 aromatic carbocycles. The number of phenols is 1. The second-order valence-corrected chi connectivity index (χ2v) is 7.30. The molecule has 2 fully saturated rings. The van der Waals surface area contributed by atoms with Crippen molar-refractivity contribution in [2.24, 2.45) is 0 Å². The lowest BCUT2D eigenvalue weighted by Crippen LogP contribution is -2.52. The van der Waals surface area contributed by atoms with E-state index in [2.05, 4.69) is 4.90 Å². The zero-order valence-electron chi connectivity index (χ0n) is 15.0. The molecule has 8 heteroatoms. The summed E-state index contributed by atoms with van der Waals surface area (Å²) < 4.78 is 13.4. The minimum absolute atomic E-state index is 0.0877. The maximum absolute atomic E-state index is 13.4. The van der Waals surface area contributed by atoms with Crippen LogP contribution < -0.4 is 9.80 Å². The van der Waals surface area contributed by atoms with Gasteiger partial charge in [0.25, 0.3) is 5.91 Å². The number of carbonyl (C=O) groups is 2. The molecule has 2 aromatic rings. The van der Waals surface area contributed by atoms with E-state index < -0.39 is 11.9 Å². The zero-order valence-corrected chi connectivity index (χ0v) is 15.8. The highest BCUT2D eigenvalue weighted by Gasteiger charge is 2.43. The number of aromatic hydroxyl groups is 1. The second kappa shape index (κ2) is 7.41. The number of piperazine rings is 1. The number of benzene rings is 2. The van der Waals surface area contributed by atoms with E-state index in [1.54, 1.807) is 12.1 Å². The molecule has 2 amide bonds. The third-order valence-electron chi connectivity index (χ3n) is 5.26. The van der Waals surface area contributed by atoms with Crippen LogP contribution in [0.5, 0.6) is 5.75 Å². The summed E-state index contributed by atoms with van der Waals surface area (Å²) in [5.74, 6) is -1.01. The van der Waals surface area contributed by atoms with Gasteiger partial charge in [0.05, 0.1) is 28.9 Å². The van der Waals surface area contributed by atoms with Crippen LogP contribution in [0, 0.1) is 5.82 Å². The van der Waals surface area contributed by atoms with Crippen LogP contribution in [-0.4, -0.2) is 54.0 Å². The fraction of sp³-hybridized carbons (Fsp3) is 0.300. The molecule has 0 saturated carbocycles. The van der Waals surface area contributed by atoms with Crippen LogP contribution in [0.3, 0.4) is 0 Å². The standard InChI is InChI=1S/C20H19ClFN3O3/c21-14-11-13(5-6-15(14)22)25-19(27)12-17(20(25)28)24-9-7-23(8-10-24)16-3-1-2-4-18(16)26/h1-6,11,17,26H,7-10,12H2/t17-/m1/s1. The van der Waals surface area contributed by atoms with Crippen molar-refractivity contribution in [3.8, 4) is 5.75 Å². The van der Waals surface area contributed by atoms with Gasteiger partial charge >= 0.3 is 0 Å². The lowest BCUT2D eigenvalue weighted by atomic mass is 10.1. The number of anilines is 2. The summed E-state index contributed by atoms with van der Waals surface area (Å²) in [5, 5.41) is 9.89. The first kappa shape index (κ1) is 18.7. The maximum atomic E-state index is 13.4. The molecule has 2 aliphatic heterocycles. The molecule has 0 spiro atoms. The SMILES string of the molecule is O=C1C[C@@H](N2CCN(c3ccccc3O)CC2)C(=O)N1c1ccc(F)c(Cl)c1. The third kappa shape index (κ3) is 3.31. The average molecular weight is 404 g/mol.